The maximum absolute atomic E-state index is 13.0. The van der Waals surface area contributed by atoms with E-state index in [1.807, 2.05) is 37.3 Å². The monoisotopic (exact) mass is 354 g/mol. The molecular weight excluding hydrogens is 339 g/mol. The van der Waals surface area contributed by atoms with Crippen molar-refractivity contribution in [3.8, 4) is 5.75 Å². The van der Waals surface area contributed by atoms with Gasteiger partial charge in [-0.2, -0.15) is 9.61 Å². The predicted octanol–water partition coefficient (Wildman–Crippen LogP) is 4.06. The summed E-state index contributed by atoms with van der Waals surface area (Å²) in [5, 5.41) is 13.8. The van der Waals surface area contributed by atoms with Gasteiger partial charge >= 0.3 is 0 Å². The molecule has 1 atom stereocenters. The number of halogens is 1. The normalized spacial score (nSPS) is 12.4. The second-order valence-electron chi connectivity index (χ2n) is 5.63. The second-order valence-corrected chi connectivity index (χ2v) is 6.61. The summed E-state index contributed by atoms with van der Waals surface area (Å²) in [6, 6.07) is 16.0. The number of rotatable bonds is 5. The first-order valence-electron chi connectivity index (χ1n) is 7.86. The zero-order chi connectivity index (χ0) is 17.2. The molecule has 4 rings (SSSR count). The van der Waals surface area contributed by atoms with Crippen molar-refractivity contribution in [3.63, 3.8) is 0 Å². The molecule has 0 bridgehead atoms. The van der Waals surface area contributed by atoms with Crippen LogP contribution in [0.3, 0.4) is 0 Å². The Morgan fingerprint density at radius 1 is 1.08 bits per heavy atom. The summed E-state index contributed by atoms with van der Waals surface area (Å²) in [5.41, 5.74) is 0.957. The summed E-state index contributed by atoms with van der Waals surface area (Å²) in [5.74, 6) is 1.27. The topological polar surface area (TPSA) is 52.3 Å². The molecule has 0 fully saturated rings. The van der Waals surface area contributed by atoms with Gasteiger partial charge in [-0.3, -0.25) is 0 Å². The van der Waals surface area contributed by atoms with Crippen LogP contribution < -0.4 is 4.74 Å². The van der Waals surface area contributed by atoms with E-state index < -0.39 is 0 Å². The van der Waals surface area contributed by atoms with E-state index in [9.17, 15) is 4.39 Å². The molecule has 0 saturated carbocycles. The number of para-hydroxylation sites is 1. The molecule has 0 aliphatic heterocycles. The molecule has 0 aliphatic carbocycles. The first-order valence-corrected chi connectivity index (χ1v) is 8.68. The Balaban J connectivity index is 1.56. The number of ether oxygens (including phenoxy) is 1. The highest BCUT2D eigenvalue weighted by atomic mass is 32.1. The summed E-state index contributed by atoms with van der Waals surface area (Å²) in [6.07, 6.45) is 0.353. The fourth-order valence-corrected chi connectivity index (χ4v) is 3.32. The Kier molecular flexibility index (Phi) is 4.15. The van der Waals surface area contributed by atoms with Crippen molar-refractivity contribution in [1.82, 2.24) is 19.8 Å². The van der Waals surface area contributed by atoms with Crippen LogP contribution in [0.25, 0.3) is 4.96 Å². The molecule has 4 aromatic rings. The van der Waals surface area contributed by atoms with Crippen molar-refractivity contribution in [1.29, 1.82) is 0 Å². The zero-order valence-electron chi connectivity index (χ0n) is 13.5. The standard InChI is InChI=1S/C18H15FN4OS/c1-12(24-15-5-3-2-4-6-15)17-22-23-16(20-21-18(23)25-17)11-13-7-9-14(19)10-8-13/h2-10,12H,11H2,1H3. The lowest BCUT2D eigenvalue weighted by atomic mass is 10.1. The van der Waals surface area contributed by atoms with Crippen LogP contribution in [0, 0.1) is 5.82 Å². The molecule has 2 heterocycles. The lowest BCUT2D eigenvalue weighted by Gasteiger charge is -2.11. The van der Waals surface area contributed by atoms with E-state index in [4.69, 9.17) is 4.74 Å². The SMILES string of the molecule is CC(Oc1ccccc1)c1nn2c(Cc3ccc(F)cc3)nnc2s1. The number of benzene rings is 2. The molecule has 0 spiro atoms. The van der Waals surface area contributed by atoms with Crippen molar-refractivity contribution in [3.05, 3.63) is 76.8 Å². The van der Waals surface area contributed by atoms with E-state index in [2.05, 4.69) is 15.3 Å². The molecule has 7 heteroatoms. The van der Waals surface area contributed by atoms with Gasteiger partial charge in [0.2, 0.25) is 4.96 Å². The van der Waals surface area contributed by atoms with Crippen LogP contribution in [-0.4, -0.2) is 19.8 Å². The molecule has 2 aromatic carbocycles. The Morgan fingerprint density at radius 3 is 2.60 bits per heavy atom. The van der Waals surface area contributed by atoms with Crippen LogP contribution in [0.15, 0.2) is 54.6 Å². The average molecular weight is 354 g/mol. The van der Waals surface area contributed by atoms with Gasteiger partial charge in [0.25, 0.3) is 0 Å². The van der Waals surface area contributed by atoms with Gasteiger partial charge < -0.3 is 4.74 Å². The molecule has 0 amide bonds. The van der Waals surface area contributed by atoms with Crippen molar-refractivity contribution < 1.29 is 9.13 Å². The Labute approximate surface area is 147 Å². The first kappa shape index (κ1) is 15.7. The summed E-state index contributed by atoms with van der Waals surface area (Å²) in [4.78, 5) is 0.718. The molecular formula is C18H15FN4OS. The minimum Gasteiger partial charge on any atom is -0.483 e. The van der Waals surface area contributed by atoms with Gasteiger partial charge in [-0.1, -0.05) is 41.7 Å². The van der Waals surface area contributed by atoms with E-state index in [0.717, 1.165) is 27.1 Å². The minimum absolute atomic E-state index is 0.187. The first-order chi connectivity index (χ1) is 12.2. The molecule has 5 nitrogen and oxygen atoms in total. The highest BCUT2D eigenvalue weighted by Crippen LogP contribution is 2.25. The molecule has 0 N–H and O–H groups in total. The van der Waals surface area contributed by atoms with E-state index >= 15 is 0 Å². The van der Waals surface area contributed by atoms with Gasteiger partial charge in [0.05, 0.1) is 0 Å². The second kappa shape index (κ2) is 6.60. The van der Waals surface area contributed by atoms with E-state index in [1.165, 1.54) is 23.5 Å². The lowest BCUT2D eigenvalue weighted by Crippen LogP contribution is -2.04. The molecule has 25 heavy (non-hydrogen) atoms. The van der Waals surface area contributed by atoms with E-state index in [-0.39, 0.29) is 11.9 Å². The summed E-state index contributed by atoms with van der Waals surface area (Å²) >= 11 is 1.45. The maximum atomic E-state index is 13.0. The van der Waals surface area contributed by atoms with Crippen LogP contribution >= 0.6 is 11.3 Å². The predicted molar refractivity (Wildman–Crippen MR) is 93.4 cm³/mol. The molecule has 126 valence electrons. The van der Waals surface area contributed by atoms with Crippen molar-refractivity contribution in [2.24, 2.45) is 0 Å². The summed E-state index contributed by atoms with van der Waals surface area (Å²) in [7, 11) is 0. The molecule has 0 saturated heterocycles. The number of nitrogens with zero attached hydrogens (tertiary/aromatic N) is 4. The van der Waals surface area contributed by atoms with Crippen LogP contribution in [-0.2, 0) is 6.42 Å². The fraction of sp³-hybridized carbons (Fsp3) is 0.167. The van der Waals surface area contributed by atoms with Gasteiger partial charge in [0.1, 0.15) is 17.7 Å². The number of fused-ring (bicyclic) bond motifs is 1. The van der Waals surface area contributed by atoms with E-state index in [1.54, 1.807) is 16.6 Å². The highest BCUT2D eigenvalue weighted by Gasteiger charge is 2.17. The molecule has 1 unspecified atom stereocenters. The third-order valence-corrected chi connectivity index (χ3v) is 4.81. The summed E-state index contributed by atoms with van der Waals surface area (Å²) < 4.78 is 20.7. The van der Waals surface area contributed by atoms with Crippen molar-refractivity contribution in [2.75, 3.05) is 0 Å². The quantitative estimate of drug-likeness (QED) is 0.542. The molecule has 0 aliphatic rings. The average Bonchev–Trinajstić information content (AvgIpc) is 3.20. The minimum atomic E-state index is -0.252. The molecule has 2 aromatic heterocycles. The van der Waals surface area contributed by atoms with Crippen molar-refractivity contribution >= 4 is 16.3 Å². The smallest absolute Gasteiger partial charge is 0.234 e. The van der Waals surface area contributed by atoms with Crippen LogP contribution in [0.5, 0.6) is 5.75 Å². The van der Waals surface area contributed by atoms with Gasteiger partial charge in [0, 0.05) is 6.42 Å². The zero-order valence-corrected chi connectivity index (χ0v) is 14.3. The number of hydrogen-bond donors (Lipinski definition) is 0. The Bertz CT molecular complexity index is 981. The highest BCUT2D eigenvalue weighted by molar-refractivity contribution is 7.16. The third kappa shape index (κ3) is 3.36. The number of hydrogen-bond acceptors (Lipinski definition) is 5. The Morgan fingerprint density at radius 2 is 1.84 bits per heavy atom. The lowest BCUT2D eigenvalue weighted by molar-refractivity contribution is 0.225. The van der Waals surface area contributed by atoms with Gasteiger partial charge in [0.15, 0.2) is 10.8 Å². The van der Waals surface area contributed by atoms with Gasteiger partial charge in [-0.05, 0) is 36.8 Å². The van der Waals surface area contributed by atoms with Crippen LogP contribution in [0.4, 0.5) is 4.39 Å². The van der Waals surface area contributed by atoms with E-state index in [0.29, 0.717) is 6.42 Å². The maximum Gasteiger partial charge on any atom is 0.234 e. The fourth-order valence-electron chi connectivity index (χ4n) is 2.49. The van der Waals surface area contributed by atoms with Crippen LogP contribution in [0.2, 0.25) is 0 Å². The largest absolute Gasteiger partial charge is 0.483 e. The molecule has 0 radical (unpaired) electrons. The summed E-state index contributed by atoms with van der Waals surface area (Å²) in [6.45, 7) is 1.96. The van der Waals surface area contributed by atoms with Crippen molar-refractivity contribution in [2.45, 2.75) is 19.4 Å². The van der Waals surface area contributed by atoms with Gasteiger partial charge in [-0.25, -0.2) is 4.39 Å². The third-order valence-electron chi connectivity index (χ3n) is 3.75. The Hall–Kier alpha value is -2.80. The van der Waals surface area contributed by atoms with Gasteiger partial charge in [-0.15, -0.1) is 10.2 Å². The van der Waals surface area contributed by atoms with Crippen LogP contribution in [0.1, 0.15) is 29.4 Å². The number of aromatic nitrogens is 4.